The molecule has 0 radical (unpaired) electrons. The molecule has 1 aliphatic heterocycles. The summed E-state index contributed by atoms with van der Waals surface area (Å²) in [6, 6.07) is 1.81. The summed E-state index contributed by atoms with van der Waals surface area (Å²) in [7, 11) is 2.04. The molecular formula is C17H22N8. The van der Waals surface area contributed by atoms with Gasteiger partial charge in [-0.15, -0.1) is 0 Å². The van der Waals surface area contributed by atoms with E-state index in [1.54, 1.807) is 12.4 Å². The lowest BCUT2D eigenvalue weighted by Gasteiger charge is -2.19. The van der Waals surface area contributed by atoms with Crippen molar-refractivity contribution in [1.29, 1.82) is 0 Å². The first-order valence-electron chi connectivity index (χ1n) is 8.52. The molecule has 8 nitrogen and oxygen atoms in total. The summed E-state index contributed by atoms with van der Waals surface area (Å²) in [5.74, 6) is 1.72. The van der Waals surface area contributed by atoms with Gasteiger partial charge in [0.1, 0.15) is 5.82 Å². The Hall–Kier alpha value is -2.74. The fourth-order valence-corrected chi connectivity index (χ4v) is 3.16. The van der Waals surface area contributed by atoms with Crippen LogP contribution in [0, 0.1) is 0 Å². The van der Waals surface area contributed by atoms with E-state index in [2.05, 4.69) is 39.3 Å². The van der Waals surface area contributed by atoms with Gasteiger partial charge in [-0.3, -0.25) is 4.90 Å². The normalized spacial score (nSPS) is 14.9. The smallest absolute Gasteiger partial charge is 0.222 e. The third-order valence-corrected chi connectivity index (χ3v) is 4.55. The molecule has 25 heavy (non-hydrogen) atoms. The predicted molar refractivity (Wildman–Crippen MR) is 93.5 cm³/mol. The minimum atomic E-state index is 0.628. The van der Waals surface area contributed by atoms with Crippen molar-refractivity contribution < 1.29 is 0 Å². The zero-order valence-electron chi connectivity index (χ0n) is 14.3. The Bertz CT molecular complexity index is 822. The summed E-state index contributed by atoms with van der Waals surface area (Å²) < 4.78 is 4.35. The second-order valence-corrected chi connectivity index (χ2v) is 6.28. The number of hydrogen-bond acceptors (Lipinski definition) is 6. The molecule has 1 N–H and O–H groups in total. The Kier molecular flexibility index (Phi) is 4.43. The van der Waals surface area contributed by atoms with E-state index in [0.29, 0.717) is 12.5 Å². The summed E-state index contributed by atoms with van der Waals surface area (Å²) >= 11 is 0. The molecule has 0 atom stereocenters. The van der Waals surface area contributed by atoms with E-state index in [9.17, 15) is 0 Å². The number of fused-ring (bicyclic) bond motifs is 1. The lowest BCUT2D eigenvalue weighted by atomic mass is 10.3. The minimum Gasteiger partial charge on any atom is -0.348 e. The molecule has 0 fully saturated rings. The third-order valence-electron chi connectivity index (χ3n) is 4.55. The van der Waals surface area contributed by atoms with Crippen molar-refractivity contribution in [2.75, 3.05) is 11.9 Å². The number of nitrogens with zero attached hydrogens (tertiary/aromatic N) is 7. The van der Waals surface area contributed by atoms with Crippen LogP contribution in [0.3, 0.4) is 0 Å². The Morgan fingerprint density at radius 3 is 2.76 bits per heavy atom. The van der Waals surface area contributed by atoms with Gasteiger partial charge in [0.25, 0.3) is 0 Å². The number of aryl methyl sites for hydroxylation is 2. The highest BCUT2D eigenvalue weighted by atomic mass is 15.2. The SMILES string of the molecule is Cn1ccnc1CN1CCCn2cnc(CNc3ncccn3)c2C1. The first-order valence-corrected chi connectivity index (χ1v) is 8.52. The first-order chi connectivity index (χ1) is 12.3. The summed E-state index contributed by atoms with van der Waals surface area (Å²) in [5.41, 5.74) is 2.31. The summed E-state index contributed by atoms with van der Waals surface area (Å²) in [4.78, 5) is 19.9. The molecule has 3 aromatic rings. The maximum Gasteiger partial charge on any atom is 0.222 e. The van der Waals surface area contributed by atoms with Crippen LogP contribution in [-0.4, -0.2) is 40.5 Å². The highest BCUT2D eigenvalue weighted by molar-refractivity contribution is 5.26. The first kappa shape index (κ1) is 15.8. The quantitative estimate of drug-likeness (QED) is 0.758. The van der Waals surface area contributed by atoms with Crippen molar-refractivity contribution in [1.82, 2.24) is 34.0 Å². The maximum atomic E-state index is 4.60. The largest absolute Gasteiger partial charge is 0.348 e. The highest BCUT2D eigenvalue weighted by Crippen LogP contribution is 2.18. The molecule has 0 saturated heterocycles. The second kappa shape index (κ2) is 7.02. The Morgan fingerprint density at radius 1 is 1.08 bits per heavy atom. The minimum absolute atomic E-state index is 0.628. The molecule has 0 spiro atoms. The van der Waals surface area contributed by atoms with Crippen LogP contribution in [0.4, 0.5) is 5.95 Å². The standard InChI is InChI=1S/C17H22N8/c1-23-9-6-18-16(23)12-24-7-3-8-25-13-22-14(15(25)11-24)10-21-17-19-4-2-5-20-17/h2,4-6,9,13H,3,7-8,10-12H2,1H3,(H,19,20,21). The topological polar surface area (TPSA) is 76.7 Å². The number of imidazole rings is 2. The van der Waals surface area contributed by atoms with Gasteiger partial charge >= 0.3 is 0 Å². The Balaban J connectivity index is 1.48. The molecule has 4 rings (SSSR count). The fourth-order valence-electron chi connectivity index (χ4n) is 3.16. The van der Waals surface area contributed by atoms with Gasteiger partial charge in [-0.2, -0.15) is 0 Å². The number of anilines is 1. The molecule has 1 aliphatic rings. The maximum absolute atomic E-state index is 4.60. The number of hydrogen-bond donors (Lipinski definition) is 1. The molecular weight excluding hydrogens is 316 g/mol. The molecule has 4 heterocycles. The molecule has 130 valence electrons. The monoisotopic (exact) mass is 338 g/mol. The fraction of sp³-hybridized carbons (Fsp3) is 0.412. The van der Waals surface area contributed by atoms with Crippen molar-refractivity contribution in [3.63, 3.8) is 0 Å². The van der Waals surface area contributed by atoms with Gasteiger partial charge in [0.2, 0.25) is 5.95 Å². The van der Waals surface area contributed by atoms with Crippen molar-refractivity contribution in [2.24, 2.45) is 7.05 Å². The van der Waals surface area contributed by atoms with E-state index in [4.69, 9.17) is 0 Å². The van der Waals surface area contributed by atoms with Crippen LogP contribution in [0.1, 0.15) is 23.6 Å². The average molecular weight is 338 g/mol. The molecule has 0 aliphatic carbocycles. The molecule has 0 saturated carbocycles. The van der Waals surface area contributed by atoms with Gasteiger partial charge in [-0.25, -0.2) is 19.9 Å². The van der Waals surface area contributed by atoms with E-state index >= 15 is 0 Å². The highest BCUT2D eigenvalue weighted by Gasteiger charge is 2.19. The van der Waals surface area contributed by atoms with Gasteiger partial charge in [0.05, 0.1) is 30.8 Å². The van der Waals surface area contributed by atoms with E-state index in [1.807, 2.05) is 31.8 Å². The molecule has 0 bridgehead atoms. The van der Waals surface area contributed by atoms with E-state index in [-0.39, 0.29) is 0 Å². The molecule has 0 aromatic carbocycles. The Morgan fingerprint density at radius 2 is 1.96 bits per heavy atom. The van der Waals surface area contributed by atoms with Crippen LogP contribution >= 0.6 is 0 Å². The Labute approximate surface area is 146 Å². The van der Waals surface area contributed by atoms with E-state index in [0.717, 1.165) is 44.1 Å². The van der Waals surface area contributed by atoms with Crippen molar-refractivity contribution in [2.45, 2.75) is 32.6 Å². The van der Waals surface area contributed by atoms with Crippen LogP contribution < -0.4 is 5.32 Å². The summed E-state index contributed by atoms with van der Waals surface area (Å²) in [5, 5.41) is 3.25. The van der Waals surface area contributed by atoms with Crippen LogP contribution in [0.25, 0.3) is 0 Å². The van der Waals surface area contributed by atoms with Gasteiger partial charge in [-0.05, 0) is 12.5 Å². The lowest BCUT2D eigenvalue weighted by Crippen LogP contribution is -2.25. The van der Waals surface area contributed by atoms with Crippen LogP contribution in [0.5, 0.6) is 0 Å². The number of aromatic nitrogens is 6. The van der Waals surface area contributed by atoms with Crippen LogP contribution in [0.2, 0.25) is 0 Å². The zero-order valence-corrected chi connectivity index (χ0v) is 14.3. The van der Waals surface area contributed by atoms with E-state index in [1.165, 1.54) is 5.69 Å². The number of rotatable bonds is 5. The number of nitrogens with one attached hydrogen (secondary N) is 1. The van der Waals surface area contributed by atoms with Crippen LogP contribution in [-0.2, 0) is 33.2 Å². The van der Waals surface area contributed by atoms with E-state index < -0.39 is 0 Å². The van der Waals surface area contributed by atoms with Crippen molar-refractivity contribution in [3.8, 4) is 0 Å². The molecule has 0 unspecified atom stereocenters. The predicted octanol–water partition coefficient (Wildman–Crippen LogP) is 1.42. The van der Waals surface area contributed by atoms with Gasteiger partial charge in [0, 0.05) is 51.5 Å². The average Bonchev–Trinajstić information content (AvgIpc) is 3.14. The van der Waals surface area contributed by atoms with Gasteiger partial charge < -0.3 is 14.5 Å². The lowest BCUT2D eigenvalue weighted by molar-refractivity contribution is 0.251. The summed E-state index contributed by atoms with van der Waals surface area (Å²) in [6.45, 7) is 4.41. The third kappa shape index (κ3) is 3.53. The second-order valence-electron chi connectivity index (χ2n) is 6.28. The molecule has 0 amide bonds. The van der Waals surface area contributed by atoms with Crippen molar-refractivity contribution >= 4 is 5.95 Å². The van der Waals surface area contributed by atoms with Crippen LogP contribution in [0.15, 0.2) is 37.2 Å². The van der Waals surface area contributed by atoms with Gasteiger partial charge in [0.15, 0.2) is 0 Å². The van der Waals surface area contributed by atoms with Gasteiger partial charge in [-0.1, -0.05) is 0 Å². The molecule has 3 aromatic heterocycles. The zero-order chi connectivity index (χ0) is 17.1. The van der Waals surface area contributed by atoms with Crippen molar-refractivity contribution in [3.05, 3.63) is 54.4 Å². The summed E-state index contributed by atoms with van der Waals surface area (Å²) in [6.07, 6.45) is 10.4. The molecule has 8 heteroatoms.